The number of carboxylic acid groups (broad SMARTS) is 1. The molecule has 0 radical (unpaired) electrons. The second-order valence-electron chi connectivity index (χ2n) is 9.32. The maximum atomic E-state index is 13.1. The maximum absolute atomic E-state index is 13.1. The molecular weight excluding hydrogens is 522 g/mol. The second-order valence-corrected chi connectivity index (χ2v) is 9.32. The highest BCUT2D eigenvalue weighted by Crippen LogP contribution is 2.16. The van der Waals surface area contributed by atoms with Gasteiger partial charge in [0.15, 0.2) is 0 Å². The quantitative estimate of drug-likeness (QED) is 0.194. The number of carboxylic acids is 1. The molecule has 1 heterocycles. The Balaban J connectivity index is 1.37. The Morgan fingerprint density at radius 2 is 1.39 bits per heavy atom. The van der Waals surface area contributed by atoms with Gasteiger partial charge in [0.05, 0.1) is 12.0 Å². The number of hydrogen-bond donors (Lipinski definition) is 5. The Hall–Kier alpha value is -5.51. The molecule has 4 aromatic rings. The summed E-state index contributed by atoms with van der Waals surface area (Å²) < 4.78 is 0. The number of carbonyl (C=O) groups excluding carboxylic acids is 3. The van der Waals surface area contributed by atoms with E-state index in [9.17, 15) is 19.2 Å². The Labute approximate surface area is 236 Å². The molecule has 1 atom stereocenters. The largest absolute Gasteiger partial charge is 0.478 e. The number of anilines is 3. The van der Waals surface area contributed by atoms with Gasteiger partial charge in [-0.05, 0) is 78.2 Å². The number of carbonyl (C=O) groups is 4. The van der Waals surface area contributed by atoms with Crippen LogP contribution in [0.1, 0.15) is 27.0 Å². The molecule has 41 heavy (non-hydrogen) atoms. The molecule has 0 aliphatic carbocycles. The number of hydrogen-bond acceptors (Lipinski definition) is 5. The summed E-state index contributed by atoms with van der Waals surface area (Å²) in [6.07, 6.45) is 3.45. The fourth-order valence-electron chi connectivity index (χ4n) is 4.02. The Morgan fingerprint density at radius 1 is 0.756 bits per heavy atom. The van der Waals surface area contributed by atoms with Crippen molar-refractivity contribution in [2.45, 2.75) is 25.8 Å². The van der Waals surface area contributed by atoms with Gasteiger partial charge in [0.25, 0.3) is 0 Å². The van der Waals surface area contributed by atoms with Gasteiger partial charge in [-0.15, -0.1) is 0 Å². The van der Waals surface area contributed by atoms with Crippen LogP contribution < -0.4 is 21.3 Å². The third kappa shape index (κ3) is 8.49. The van der Waals surface area contributed by atoms with Gasteiger partial charge in [0.2, 0.25) is 11.8 Å². The highest BCUT2D eigenvalue weighted by atomic mass is 16.4. The maximum Gasteiger partial charge on any atom is 0.335 e. The van der Waals surface area contributed by atoms with Crippen molar-refractivity contribution in [1.82, 2.24) is 10.3 Å². The molecule has 208 valence electrons. The lowest BCUT2D eigenvalue weighted by Gasteiger charge is -2.19. The van der Waals surface area contributed by atoms with Crippen LogP contribution >= 0.6 is 0 Å². The predicted molar refractivity (Wildman–Crippen MR) is 156 cm³/mol. The molecule has 5 N–H and O–H groups in total. The van der Waals surface area contributed by atoms with Crippen LogP contribution in [-0.4, -0.2) is 39.9 Å². The average molecular weight is 552 g/mol. The van der Waals surface area contributed by atoms with E-state index in [1.807, 2.05) is 31.2 Å². The predicted octanol–water partition coefficient (Wildman–Crippen LogP) is 4.64. The van der Waals surface area contributed by atoms with E-state index in [1.54, 1.807) is 48.8 Å². The van der Waals surface area contributed by atoms with Gasteiger partial charge in [-0.3, -0.25) is 14.6 Å². The van der Waals surface area contributed by atoms with Gasteiger partial charge in [0, 0.05) is 35.9 Å². The Morgan fingerprint density at radius 3 is 2.05 bits per heavy atom. The minimum absolute atomic E-state index is 0.0170. The van der Waals surface area contributed by atoms with E-state index in [2.05, 4.69) is 26.3 Å². The smallest absolute Gasteiger partial charge is 0.335 e. The Kier molecular flexibility index (Phi) is 9.40. The van der Waals surface area contributed by atoms with Gasteiger partial charge >= 0.3 is 12.0 Å². The zero-order valence-corrected chi connectivity index (χ0v) is 22.3. The highest BCUT2D eigenvalue weighted by Gasteiger charge is 2.22. The first-order valence-corrected chi connectivity index (χ1v) is 12.8. The van der Waals surface area contributed by atoms with Crippen LogP contribution in [0.2, 0.25) is 0 Å². The molecule has 1 aromatic heterocycles. The normalized spacial score (nSPS) is 11.1. The number of benzene rings is 3. The van der Waals surface area contributed by atoms with Crippen molar-refractivity contribution in [1.29, 1.82) is 0 Å². The van der Waals surface area contributed by atoms with Gasteiger partial charge in [-0.25, -0.2) is 9.59 Å². The number of aromatic carboxylic acids is 1. The number of nitrogens with one attached hydrogen (secondary N) is 4. The fraction of sp³-hybridized carbons (Fsp3) is 0.129. The monoisotopic (exact) mass is 551 g/mol. The average Bonchev–Trinajstić information content (AvgIpc) is 2.96. The third-order valence-corrected chi connectivity index (χ3v) is 6.21. The first-order valence-electron chi connectivity index (χ1n) is 12.8. The van der Waals surface area contributed by atoms with Gasteiger partial charge in [0.1, 0.15) is 6.04 Å². The SMILES string of the molecule is Cc1ccccc1NC(=O)Nc1ccc(CC(=O)NC(Cc2ccncc2)C(=O)Nc2ccc(C(=O)O)cc2)cc1. The molecule has 0 bridgehead atoms. The van der Waals surface area contributed by atoms with E-state index in [0.29, 0.717) is 22.6 Å². The van der Waals surface area contributed by atoms with Crippen molar-refractivity contribution < 1.29 is 24.3 Å². The van der Waals surface area contributed by atoms with Crippen LogP contribution in [0.4, 0.5) is 21.9 Å². The second kappa shape index (κ2) is 13.5. The van der Waals surface area contributed by atoms with Crippen molar-refractivity contribution in [3.63, 3.8) is 0 Å². The van der Waals surface area contributed by atoms with Crippen LogP contribution in [0.15, 0.2) is 97.3 Å². The zero-order valence-electron chi connectivity index (χ0n) is 22.3. The number of nitrogens with zero attached hydrogens (tertiary/aromatic N) is 1. The van der Waals surface area contributed by atoms with Crippen molar-refractivity contribution in [3.05, 3.63) is 120 Å². The summed E-state index contributed by atoms with van der Waals surface area (Å²) in [4.78, 5) is 53.5. The first-order chi connectivity index (χ1) is 19.8. The lowest BCUT2D eigenvalue weighted by molar-refractivity contribution is -0.126. The highest BCUT2D eigenvalue weighted by molar-refractivity contribution is 6.00. The summed E-state index contributed by atoms with van der Waals surface area (Å²) in [5.74, 6) is -1.88. The minimum atomic E-state index is -1.07. The van der Waals surface area contributed by atoms with Gasteiger partial charge < -0.3 is 26.4 Å². The minimum Gasteiger partial charge on any atom is -0.478 e. The number of pyridine rings is 1. The topological polar surface area (TPSA) is 150 Å². The first kappa shape index (κ1) is 28.5. The summed E-state index contributed by atoms with van der Waals surface area (Å²) in [5, 5.41) is 20.2. The fourth-order valence-corrected chi connectivity index (χ4v) is 4.02. The number of aryl methyl sites for hydroxylation is 1. The molecule has 10 nitrogen and oxygen atoms in total. The van der Waals surface area contributed by atoms with E-state index < -0.39 is 17.9 Å². The van der Waals surface area contributed by atoms with Crippen LogP contribution in [0, 0.1) is 6.92 Å². The molecule has 0 aliphatic heterocycles. The molecule has 10 heteroatoms. The van der Waals surface area contributed by atoms with Crippen molar-refractivity contribution >= 4 is 40.9 Å². The Bertz CT molecular complexity index is 1520. The van der Waals surface area contributed by atoms with E-state index in [-0.39, 0.29) is 30.3 Å². The standard InChI is InChI=1S/C31H29N5O5/c1-20-4-2-3-5-26(20)36-31(41)34-25-10-6-21(7-11-25)19-28(37)35-27(18-22-14-16-32-17-15-22)29(38)33-24-12-8-23(9-13-24)30(39)40/h2-17,27H,18-19H2,1H3,(H,33,38)(H,35,37)(H,39,40)(H2,34,36,41). The molecule has 0 saturated carbocycles. The van der Waals surface area contributed by atoms with Crippen LogP contribution in [0.25, 0.3) is 0 Å². The summed E-state index contributed by atoms with van der Waals surface area (Å²) in [6, 6.07) is 22.3. The number of urea groups is 1. The molecule has 0 saturated heterocycles. The molecule has 4 rings (SSSR count). The van der Waals surface area contributed by atoms with Crippen molar-refractivity contribution in [2.24, 2.45) is 0 Å². The molecular formula is C31H29N5O5. The zero-order chi connectivity index (χ0) is 29.2. The van der Waals surface area contributed by atoms with Gasteiger partial charge in [-0.2, -0.15) is 0 Å². The molecule has 0 fully saturated rings. The van der Waals surface area contributed by atoms with Crippen molar-refractivity contribution in [3.8, 4) is 0 Å². The van der Waals surface area contributed by atoms with E-state index in [0.717, 1.165) is 11.1 Å². The van der Waals surface area contributed by atoms with Crippen LogP contribution in [-0.2, 0) is 22.4 Å². The summed E-state index contributed by atoms with van der Waals surface area (Å²) in [7, 11) is 0. The summed E-state index contributed by atoms with van der Waals surface area (Å²) in [6.45, 7) is 1.90. The van der Waals surface area contributed by atoms with Crippen molar-refractivity contribution in [2.75, 3.05) is 16.0 Å². The number of para-hydroxylation sites is 1. The number of amides is 4. The number of aromatic nitrogens is 1. The summed E-state index contributed by atoms with van der Waals surface area (Å²) in [5.41, 5.74) is 4.21. The third-order valence-electron chi connectivity index (χ3n) is 6.21. The number of rotatable bonds is 10. The molecule has 3 aromatic carbocycles. The lowest BCUT2D eigenvalue weighted by atomic mass is 10.1. The van der Waals surface area contributed by atoms with E-state index in [1.165, 1.54) is 24.3 Å². The molecule has 1 unspecified atom stereocenters. The van der Waals surface area contributed by atoms with Crippen LogP contribution in [0.3, 0.4) is 0 Å². The molecule has 0 aliphatic rings. The van der Waals surface area contributed by atoms with E-state index >= 15 is 0 Å². The van der Waals surface area contributed by atoms with Crippen LogP contribution in [0.5, 0.6) is 0 Å². The van der Waals surface area contributed by atoms with Gasteiger partial charge in [-0.1, -0.05) is 30.3 Å². The molecule has 4 amide bonds. The summed E-state index contributed by atoms with van der Waals surface area (Å²) >= 11 is 0. The lowest BCUT2D eigenvalue weighted by Crippen LogP contribution is -2.45. The van der Waals surface area contributed by atoms with E-state index in [4.69, 9.17) is 5.11 Å². The molecule has 0 spiro atoms.